The van der Waals surface area contributed by atoms with Gasteiger partial charge in [0.15, 0.2) is 6.10 Å². The maximum Gasteiger partial charge on any atom is 0.446 e. The van der Waals surface area contributed by atoms with E-state index < -0.39 is 23.7 Å². The molecule has 0 aromatic heterocycles. The molecule has 0 spiro atoms. The average molecular weight is 282 g/mol. The van der Waals surface area contributed by atoms with Crippen LogP contribution in [0.4, 0.5) is 13.2 Å². The van der Waals surface area contributed by atoms with E-state index in [-0.39, 0.29) is 22.2 Å². The van der Waals surface area contributed by atoms with E-state index in [9.17, 15) is 23.1 Å². The number of halogens is 3. The first-order valence-corrected chi connectivity index (χ1v) is 5.47. The molecule has 0 saturated carbocycles. The van der Waals surface area contributed by atoms with Crippen LogP contribution in [0.5, 0.6) is 0 Å². The van der Waals surface area contributed by atoms with Gasteiger partial charge in [-0.15, -0.1) is 0 Å². The predicted molar refractivity (Wildman–Crippen MR) is 57.0 cm³/mol. The van der Waals surface area contributed by atoms with E-state index in [1.165, 1.54) is 18.2 Å². The fraction of sp³-hybridized carbons (Fsp3) is 0.300. The van der Waals surface area contributed by atoms with E-state index in [0.29, 0.717) is 0 Å². The lowest BCUT2D eigenvalue weighted by Crippen LogP contribution is -2.27. The van der Waals surface area contributed by atoms with Crippen molar-refractivity contribution in [3.63, 3.8) is 0 Å². The Balaban J connectivity index is 2.91. The van der Waals surface area contributed by atoms with Gasteiger partial charge in [0.1, 0.15) is 6.10 Å². The van der Waals surface area contributed by atoms with Crippen molar-refractivity contribution in [3.05, 3.63) is 29.8 Å². The Kier molecular flexibility index (Phi) is 4.60. The summed E-state index contributed by atoms with van der Waals surface area (Å²) in [5.74, 6) is -1.66. The number of benzene rings is 1. The highest BCUT2D eigenvalue weighted by molar-refractivity contribution is 8.00. The maximum atomic E-state index is 12.1. The van der Waals surface area contributed by atoms with Crippen molar-refractivity contribution < 1.29 is 33.3 Å². The van der Waals surface area contributed by atoms with E-state index in [4.69, 9.17) is 10.2 Å². The summed E-state index contributed by atoms with van der Waals surface area (Å²) >= 11 is -0.388. The standard InChI is InChI=1S/C10H9F3O4S/c11-10(12,13)18-6-3-1-2-5(4-6)7(14)8(15)9(16)17/h1-4,7-8,14-15H,(H,16,17). The smallest absolute Gasteiger partial charge is 0.446 e. The molecule has 8 heteroatoms. The van der Waals surface area contributed by atoms with E-state index in [2.05, 4.69) is 0 Å². The molecule has 3 N–H and O–H groups in total. The van der Waals surface area contributed by atoms with Crippen LogP contribution >= 0.6 is 11.8 Å². The van der Waals surface area contributed by atoms with Crippen LogP contribution in [0.25, 0.3) is 0 Å². The van der Waals surface area contributed by atoms with E-state index in [1.54, 1.807) is 0 Å². The van der Waals surface area contributed by atoms with Crippen molar-refractivity contribution in [3.8, 4) is 0 Å². The van der Waals surface area contributed by atoms with E-state index in [1.807, 2.05) is 0 Å². The minimum Gasteiger partial charge on any atom is -0.479 e. The Morgan fingerprint density at radius 3 is 2.39 bits per heavy atom. The third-order valence-corrected chi connectivity index (χ3v) is 2.71. The number of aliphatic carboxylic acids is 1. The molecule has 2 atom stereocenters. The molecule has 1 rings (SSSR count). The summed E-state index contributed by atoms with van der Waals surface area (Å²) in [4.78, 5) is 10.2. The molecule has 1 aromatic rings. The Morgan fingerprint density at radius 2 is 1.89 bits per heavy atom. The van der Waals surface area contributed by atoms with Crippen LogP contribution in [0.3, 0.4) is 0 Å². The fourth-order valence-electron chi connectivity index (χ4n) is 1.21. The minimum absolute atomic E-state index is 0.0980. The quantitative estimate of drug-likeness (QED) is 0.734. The van der Waals surface area contributed by atoms with Crippen LogP contribution in [-0.4, -0.2) is 32.9 Å². The second kappa shape index (κ2) is 5.59. The minimum atomic E-state index is -4.48. The van der Waals surface area contributed by atoms with Gasteiger partial charge in [0.2, 0.25) is 0 Å². The van der Waals surface area contributed by atoms with Crippen LogP contribution in [0.1, 0.15) is 11.7 Å². The van der Waals surface area contributed by atoms with E-state index in [0.717, 1.165) is 6.07 Å². The molecule has 2 unspecified atom stereocenters. The van der Waals surface area contributed by atoms with Gasteiger partial charge in [-0.1, -0.05) is 12.1 Å². The van der Waals surface area contributed by atoms with Crippen molar-refractivity contribution in [2.24, 2.45) is 0 Å². The Hall–Kier alpha value is -1.25. The molecular formula is C10H9F3O4S. The van der Waals surface area contributed by atoms with Crippen LogP contribution < -0.4 is 0 Å². The van der Waals surface area contributed by atoms with Gasteiger partial charge in [-0.05, 0) is 29.5 Å². The molecule has 4 nitrogen and oxygen atoms in total. The van der Waals surface area contributed by atoms with Gasteiger partial charge in [-0.3, -0.25) is 0 Å². The third-order valence-electron chi connectivity index (χ3n) is 1.99. The number of rotatable bonds is 4. The van der Waals surface area contributed by atoms with Crippen molar-refractivity contribution in [1.29, 1.82) is 0 Å². The summed E-state index contributed by atoms with van der Waals surface area (Å²) in [6.07, 6.45) is -3.87. The Morgan fingerprint density at radius 1 is 1.28 bits per heavy atom. The predicted octanol–water partition coefficient (Wildman–Crippen LogP) is 1.78. The molecule has 0 bridgehead atoms. The highest BCUT2D eigenvalue weighted by atomic mass is 32.2. The summed E-state index contributed by atoms with van der Waals surface area (Å²) in [5.41, 5.74) is -4.58. The molecule has 0 aliphatic heterocycles. The Labute approximate surface area is 104 Å². The van der Waals surface area contributed by atoms with Gasteiger partial charge in [0.05, 0.1) is 0 Å². The Bertz CT molecular complexity index is 435. The van der Waals surface area contributed by atoms with Crippen molar-refractivity contribution in [2.75, 3.05) is 0 Å². The second-order valence-electron chi connectivity index (χ2n) is 3.35. The van der Waals surface area contributed by atoms with Crippen molar-refractivity contribution >= 4 is 17.7 Å². The number of alkyl halides is 3. The lowest BCUT2D eigenvalue weighted by molar-refractivity contribution is -0.153. The summed E-state index contributed by atoms with van der Waals surface area (Å²) < 4.78 is 36.4. The SMILES string of the molecule is O=C(O)C(O)C(O)c1cccc(SC(F)(F)F)c1. The molecule has 0 saturated heterocycles. The molecule has 0 radical (unpaired) electrons. The summed E-state index contributed by atoms with van der Waals surface area (Å²) in [7, 11) is 0. The number of hydrogen-bond donors (Lipinski definition) is 3. The molecule has 100 valence electrons. The van der Waals surface area contributed by atoms with Crippen LogP contribution in [-0.2, 0) is 4.79 Å². The molecular weight excluding hydrogens is 273 g/mol. The number of hydrogen-bond acceptors (Lipinski definition) is 4. The average Bonchev–Trinajstić information content (AvgIpc) is 2.25. The van der Waals surface area contributed by atoms with Crippen molar-refractivity contribution in [2.45, 2.75) is 22.6 Å². The largest absolute Gasteiger partial charge is 0.479 e. The highest BCUT2D eigenvalue weighted by Crippen LogP contribution is 2.37. The van der Waals surface area contributed by atoms with Crippen molar-refractivity contribution in [1.82, 2.24) is 0 Å². The maximum absolute atomic E-state index is 12.1. The fourth-order valence-corrected chi connectivity index (χ4v) is 1.82. The lowest BCUT2D eigenvalue weighted by atomic mass is 10.0. The van der Waals surface area contributed by atoms with Gasteiger partial charge < -0.3 is 15.3 Å². The normalized spacial score (nSPS) is 15.2. The monoisotopic (exact) mass is 282 g/mol. The van der Waals surface area contributed by atoms with Gasteiger partial charge in [0.25, 0.3) is 0 Å². The molecule has 0 fully saturated rings. The highest BCUT2D eigenvalue weighted by Gasteiger charge is 2.30. The molecule has 18 heavy (non-hydrogen) atoms. The second-order valence-corrected chi connectivity index (χ2v) is 4.49. The number of aliphatic hydroxyl groups excluding tert-OH is 2. The van der Waals surface area contributed by atoms with Crippen LogP contribution in [0.15, 0.2) is 29.2 Å². The third kappa shape index (κ3) is 4.21. The molecule has 0 aliphatic rings. The molecule has 1 aromatic carbocycles. The first-order valence-electron chi connectivity index (χ1n) is 4.65. The molecule has 0 amide bonds. The first-order chi connectivity index (χ1) is 8.20. The summed E-state index contributed by atoms with van der Waals surface area (Å²) in [6.45, 7) is 0. The molecule has 0 aliphatic carbocycles. The van der Waals surface area contributed by atoms with Crippen LogP contribution in [0.2, 0.25) is 0 Å². The number of thioether (sulfide) groups is 1. The molecule has 0 heterocycles. The zero-order valence-electron chi connectivity index (χ0n) is 8.76. The van der Waals surface area contributed by atoms with Gasteiger partial charge in [-0.2, -0.15) is 13.2 Å². The zero-order chi connectivity index (χ0) is 13.9. The number of carboxylic acids is 1. The lowest BCUT2D eigenvalue weighted by Gasteiger charge is -2.15. The topological polar surface area (TPSA) is 77.8 Å². The summed E-state index contributed by atoms with van der Waals surface area (Å²) in [5, 5.41) is 27.0. The number of carbonyl (C=O) groups is 1. The van der Waals surface area contributed by atoms with Gasteiger partial charge in [0, 0.05) is 4.90 Å². The summed E-state index contributed by atoms with van der Waals surface area (Å²) in [6, 6.07) is 4.62. The first kappa shape index (κ1) is 14.8. The van der Waals surface area contributed by atoms with Crippen LogP contribution in [0, 0.1) is 0 Å². The number of carboxylic acid groups (broad SMARTS) is 1. The zero-order valence-corrected chi connectivity index (χ0v) is 9.57. The number of aliphatic hydroxyl groups is 2. The van der Waals surface area contributed by atoms with Gasteiger partial charge in [-0.25, -0.2) is 4.79 Å². The van der Waals surface area contributed by atoms with E-state index >= 15 is 0 Å². The van der Waals surface area contributed by atoms with Gasteiger partial charge >= 0.3 is 11.5 Å².